The van der Waals surface area contributed by atoms with Gasteiger partial charge in [-0.1, -0.05) is 30.3 Å². The summed E-state index contributed by atoms with van der Waals surface area (Å²) in [5.41, 5.74) is 1.50. The van der Waals surface area contributed by atoms with Gasteiger partial charge >= 0.3 is 0 Å². The highest BCUT2D eigenvalue weighted by Gasteiger charge is 2.24. The van der Waals surface area contributed by atoms with Crippen molar-refractivity contribution >= 4 is 21.8 Å². The number of nitrogens with zero attached hydrogens (tertiary/aromatic N) is 2. The Morgan fingerprint density at radius 2 is 2.00 bits per heavy atom. The summed E-state index contributed by atoms with van der Waals surface area (Å²) < 4.78 is 26.5. The number of fused-ring (bicyclic) bond motifs is 1. The average Bonchev–Trinajstić information content (AvgIpc) is 2.52. The molecule has 1 aromatic carbocycles. The minimum absolute atomic E-state index is 0.0419. The van der Waals surface area contributed by atoms with Crippen molar-refractivity contribution in [1.29, 1.82) is 0 Å². The van der Waals surface area contributed by atoms with Gasteiger partial charge in [0.25, 0.3) is 15.9 Å². The van der Waals surface area contributed by atoms with Crippen LogP contribution in [-0.4, -0.2) is 37.4 Å². The van der Waals surface area contributed by atoms with Gasteiger partial charge in [0.05, 0.1) is 11.3 Å². The van der Waals surface area contributed by atoms with E-state index < -0.39 is 10.0 Å². The number of nitrogens with one attached hydrogen (secondary N) is 1. The Hall–Kier alpha value is -2.41. The number of amidine groups is 1. The first-order chi connectivity index (χ1) is 10.5. The fraction of sp³-hybridized carbons (Fsp3) is 0.200. The molecule has 1 N–H and O–H groups in total. The maximum atomic E-state index is 12.2. The SMILES string of the molecule is O=C(NCc1ccccc1)C1=CN2CCS(=O)(=O)N=C2C=C1. The number of benzene rings is 1. The predicted octanol–water partition coefficient (Wildman–Crippen LogP) is 0.800. The van der Waals surface area contributed by atoms with Crippen LogP contribution in [0.25, 0.3) is 0 Å². The van der Waals surface area contributed by atoms with Gasteiger partial charge in [-0.15, -0.1) is 4.40 Å². The van der Waals surface area contributed by atoms with E-state index in [9.17, 15) is 13.2 Å². The lowest BCUT2D eigenvalue weighted by molar-refractivity contribution is -0.117. The Morgan fingerprint density at radius 1 is 1.23 bits per heavy atom. The number of hydrogen-bond acceptors (Lipinski definition) is 4. The molecule has 0 saturated carbocycles. The van der Waals surface area contributed by atoms with Crippen LogP contribution in [0.1, 0.15) is 5.56 Å². The maximum Gasteiger partial charge on any atom is 0.256 e. The van der Waals surface area contributed by atoms with E-state index in [1.807, 2.05) is 30.3 Å². The fourth-order valence-electron chi connectivity index (χ4n) is 2.22. The van der Waals surface area contributed by atoms with Crippen LogP contribution in [0.5, 0.6) is 0 Å². The standard InChI is InChI=1S/C15H15N3O3S/c19-15(16-10-12-4-2-1-3-5-12)13-6-7-14-17-22(20,21)9-8-18(14)11-13/h1-7,11H,8-10H2,(H,16,19). The summed E-state index contributed by atoms with van der Waals surface area (Å²) >= 11 is 0. The minimum atomic E-state index is -3.37. The monoisotopic (exact) mass is 317 g/mol. The van der Waals surface area contributed by atoms with Crippen LogP contribution in [0.3, 0.4) is 0 Å². The lowest BCUT2D eigenvalue weighted by atomic mass is 10.1. The van der Waals surface area contributed by atoms with Gasteiger partial charge in [-0.25, -0.2) is 8.42 Å². The second-order valence-corrected chi connectivity index (χ2v) is 6.77. The molecule has 3 rings (SSSR count). The Balaban J connectivity index is 1.68. The molecule has 0 fully saturated rings. The van der Waals surface area contributed by atoms with E-state index in [-0.39, 0.29) is 11.7 Å². The normalized spacial score (nSPS) is 19.0. The summed E-state index contributed by atoms with van der Waals surface area (Å²) in [5, 5.41) is 2.84. The molecule has 0 radical (unpaired) electrons. The molecule has 0 aromatic heterocycles. The lowest BCUT2D eigenvalue weighted by Gasteiger charge is -2.26. The van der Waals surface area contributed by atoms with Crippen molar-refractivity contribution < 1.29 is 13.2 Å². The summed E-state index contributed by atoms with van der Waals surface area (Å²) in [6, 6.07) is 9.62. The molecule has 0 unspecified atom stereocenters. The number of sulfonamides is 1. The molecule has 0 spiro atoms. The first-order valence-corrected chi connectivity index (χ1v) is 8.46. The zero-order valence-corrected chi connectivity index (χ0v) is 12.6. The van der Waals surface area contributed by atoms with Crippen molar-refractivity contribution in [3.63, 3.8) is 0 Å². The quantitative estimate of drug-likeness (QED) is 0.894. The topological polar surface area (TPSA) is 78.8 Å². The number of hydrogen-bond donors (Lipinski definition) is 1. The fourth-order valence-corrected chi connectivity index (χ4v) is 3.18. The van der Waals surface area contributed by atoms with Gasteiger partial charge in [0.2, 0.25) is 0 Å². The molecule has 0 saturated heterocycles. The Bertz CT molecular complexity index is 780. The van der Waals surface area contributed by atoms with Gasteiger partial charge in [-0.2, -0.15) is 0 Å². The molecule has 22 heavy (non-hydrogen) atoms. The highest BCUT2D eigenvalue weighted by Crippen LogP contribution is 2.15. The van der Waals surface area contributed by atoms with Crippen LogP contribution in [-0.2, 0) is 21.4 Å². The maximum absolute atomic E-state index is 12.2. The van der Waals surface area contributed by atoms with E-state index in [4.69, 9.17) is 0 Å². The second kappa shape index (κ2) is 5.76. The van der Waals surface area contributed by atoms with E-state index in [2.05, 4.69) is 9.71 Å². The van der Waals surface area contributed by atoms with E-state index in [1.165, 1.54) is 0 Å². The van der Waals surface area contributed by atoms with E-state index in [0.717, 1.165) is 5.56 Å². The Labute approximate surface area is 128 Å². The van der Waals surface area contributed by atoms with Crippen LogP contribution >= 0.6 is 0 Å². The first kappa shape index (κ1) is 14.5. The van der Waals surface area contributed by atoms with E-state index in [1.54, 1.807) is 23.3 Å². The van der Waals surface area contributed by atoms with Crippen LogP contribution in [0.15, 0.2) is 58.7 Å². The van der Waals surface area contributed by atoms with Crippen LogP contribution < -0.4 is 5.32 Å². The third-order valence-corrected chi connectivity index (χ3v) is 4.55. The molecular weight excluding hydrogens is 302 g/mol. The largest absolute Gasteiger partial charge is 0.348 e. The summed E-state index contributed by atoms with van der Waals surface area (Å²) in [5.74, 6) is 0.109. The van der Waals surface area contributed by atoms with E-state index in [0.29, 0.717) is 24.5 Å². The highest BCUT2D eigenvalue weighted by atomic mass is 32.2. The second-order valence-electron chi connectivity index (χ2n) is 5.01. The molecule has 2 heterocycles. The summed E-state index contributed by atoms with van der Waals surface area (Å²) in [7, 11) is -3.37. The Kier molecular flexibility index (Phi) is 3.81. The number of carbonyl (C=O) groups excluding carboxylic acids is 1. The summed E-state index contributed by atoms with van der Waals surface area (Å²) in [6.07, 6.45) is 4.76. The number of amides is 1. The van der Waals surface area contributed by atoms with Crippen molar-refractivity contribution in [3.8, 4) is 0 Å². The molecule has 1 aromatic rings. The van der Waals surface area contributed by atoms with Crippen molar-refractivity contribution in [3.05, 3.63) is 59.8 Å². The molecule has 0 atom stereocenters. The summed E-state index contributed by atoms with van der Waals surface area (Å²) in [4.78, 5) is 13.8. The molecule has 114 valence electrons. The highest BCUT2D eigenvalue weighted by molar-refractivity contribution is 7.90. The third-order valence-electron chi connectivity index (χ3n) is 3.38. The number of rotatable bonds is 3. The van der Waals surface area contributed by atoms with Gasteiger partial charge in [0.1, 0.15) is 5.84 Å². The molecule has 2 aliphatic heterocycles. The minimum Gasteiger partial charge on any atom is -0.348 e. The molecule has 1 amide bonds. The van der Waals surface area contributed by atoms with Crippen molar-refractivity contribution in [2.24, 2.45) is 4.40 Å². The van der Waals surface area contributed by atoms with Crippen LogP contribution in [0.2, 0.25) is 0 Å². The van der Waals surface area contributed by atoms with E-state index >= 15 is 0 Å². The smallest absolute Gasteiger partial charge is 0.256 e. The van der Waals surface area contributed by atoms with Crippen molar-refractivity contribution in [1.82, 2.24) is 10.2 Å². The zero-order valence-electron chi connectivity index (χ0n) is 11.8. The van der Waals surface area contributed by atoms with Crippen LogP contribution in [0.4, 0.5) is 0 Å². The molecule has 7 heteroatoms. The lowest BCUT2D eigenvalue weighted by Crippen LogP contribution is -2.38. The third kappa shape index (κ3) is 3.25. The molecule has 0 bridgehead atoms. The van der Waals surface area contributed by atoms with Gasteiger partial charge in [-0.05, 0) is 17.7 Å². The van der Waals surface area contributed by atoms with Crippen molar-refractivity contribution in [2.45, 2.75) is 6.54 Å². The van der Waals surface area contributed by atoms with Gasteiger partial charge in [-0.3, -0.25) is 4.79 Å². The Morgan fingerprint density at radius 3 is 2.77 bits per heavy atom. The first-order valence-electron chi connectivity index (χ1n) is 6.85. The molecular formula is C15H15N3O3S. The van der Waals surface area contributed by atoms with Gasteiger partial charge < -0.3 is 10.2 Å². The average molecular weight is 317 g/mol. The van der Waals surface area contributed by atoms with Crippen LogP contribution in [0, 0.1) is 0 Å². The molecule has 6 nitrogen and oxygen atoms in total. The van der Waals surface area contributed by atoms with Gasteiger partial charge in [0, 0.05) is 19.3 Å². The number of carbonyl (C=O) groups is 1. The molecule has 2 aliphatic rings. The van der Waals surface area contributed by atoms with Gasteiger partial charge in [0.15, 0.2) is 0 Å². The van der Waals surface area contributed by atoms with Crippen molar-refractivity contribution in [2.75, 3.05) is 12.3 Å². The predicted molar refractivity (Wildman–Crippen MR) is 83.4 cm³/mol. The molecule has 0 aliphatic carbocycles. The summed E-state index contributed by atoms with van der Waals surface area (Å²) in [6.45, 7) is 0.751. The zero-order chi connectivity index (χ0) is 15.6.